The van der Waals surface area contributed by atoms with Gasteiger partial charge in [0.05, 0.1) is 34.1 Å². The molecule has 0 amide bonds. The molecule has 0 unspecified atom stereocenters. The lowest BCUT2D eigenvalue weighted by Gasteiger charge is -2.31. The lowest BCUT2D eigenvalue weighted by Crippen LogP contribution is -2.13. The molecule has 0 saturated heterocycles. The van der Waals surface area contributed by atoms with Gasteiger partial charge >= 0.3 is 0 Å². The van der Waals surface area contributed by atoms with Crippen LogP contribution < -0.4 is 9.80 Å². The van der Waals surface area contributed by atoms with Gasteiger partial charge < -0.3 is 18.6 Å². The second kappa shape index (κ2) is 21.6. The average molecular weight is 1160 g/mol. The van der Waals surface area contributed by atoms with Crippen molar-refractivity contribution in [3.05, 3.63) is 290 Å². The van der Waals surface area contributed by atoms with Gasteiger partial charge in [-0.25, -0.2) is 0 Å². The highest BCUT2D eigenvalue weighted by Crippen LogP contribution is 2.54. The van der Waals surface area contributed by atoms with E-state index in [4.69, 9.17) is 8.83 Å². The Morgan fingerprint density at radius 2 is 0.589 bits per heavy atom. The van der Waals surface area contributed by atoms with Crippen LogP contribution in [0.15, 0.2) is 288 Å². The maximum absolute atomic E-state index is 7.44. The molecular formula is C86H64N2O2. The summed E-state index contributed by atoms with van der Waals surface area (Å²) in [6.45, 7) is 0. The van der Waals surface area contributed by atoms with Crippen LogP contribution in [0.1, 0.15) is 74.3 Å². The average Bonchev–Trinajstić information content (AvgIpc) is 0.802. The van der Waals surface area contributed by atoms with Crippen molar-refractivity contribution in [3.63, 3.8) is 0 Å². The summed E-state index contributed by atoms with van der Waals surface area (Å²) in [5.74, 6) is 0.976. The van der Waals surface area contributed by atoms with Gasteiger partial charge in [-0.05, 0) is 152 Å². The standard InChI is InChI=1S/C86H64N2O2/c1-5-21-55(22-6-1)63-45-51-77(73(53-63)59-25-9-3-10-26-59)87(79-39-19-37-69-67-35-17-33-65(57-29-13-14-30-57)83(67)89-85(69)79)75-49-43-61-42-48-72-76(50-44-62-41-47-71(75)81(61)82(62)72)88(78-52-46-64(56-23-7-2-8-24-56)54-74(78)60-27-11-4-12-28-60)80-40-20-38-70-68-36-18-34-66(58-31-15-16-32-58)84(68)90-86(70)80/h1-12,17-28,33-54,57-58H,13-16,29-32H2. The van der Waals surface area contributed by atoms with Gasteiger partial charge in [-0.15, -0.1) is 0 Å². The molecule has 16 aromatic rings. The molecule has 4 nitrogen and oxygen atoms in total. The molecule has 0 atom stereocenters. The van der Waals surface area contributed by atoms with Crippen LogP contribution in [-0.2, 0) is 0 Å². The normalized spacial score (nSPS) is 14.0. The van der Waals surface area contributed by atoms with Crippen molar-refractivity contribution in [2.24, 2.45) is 0 Å². The molecule has 18 rings (SSSR count). The minimum Gasteiger partial charge on any atom is -0.454 e. The lowest BCUT2D eigenvalue weighted by molar-refractivity contribution is 0.643. The zero-order valence-electron chi connectivity index (χ0n) is 50.1. The number of hydrogen-bond donors (Lipinski definition) is 0. The van der Waals surface area contributed by atoms with Crippen molar-refractivity contribution < 1.29 is 8.83 Å². The maximum atomic E-state index is 7.44. The zero-order chi connectivity index (χ0) is 59.2. The molecule has 2 aromatic heterocycles. The summed E-state index contributed by atoms with van der Waals surface area (Å²) in [6.07, 6.45) is 9.79. The van der Waals surface area contributed by atoms with Crippen LogP contribution in [-0.4, -0.2) is 0 Å². The number of fused-ring (bicyclic) bond motifs is 6. The van der Waals surface area contributed by atoms with Crippen molar-refractivity contribution in [2.45, 2.75) is 63.2 Å². The summed E-state index contributed by atoms with van der Waals surface area (Å²) in [5, 5.41) is 11.7. The predicted octanol–water partition coefficient (Wildman–Crippen LogP) is 25.3. The molecule has 14 aromatic carbocycles. The summed E-state index contributed by atoms with van der Waals surface area (Å²) in [5.41, 5.74) is 21.9. The van der Waals surface area contributed by atoms with Gasteiger partial charge in [-0.2, -0.15) is 0 Å². The number of nitrogens with zero attached hydrogens (tertiary/aromatic N) is 2. The van der Waals surface area contributed by atoms with E-state index >= 15 is 0 Å². The molecule has 90 heavy (non-hydrogen) atoms. The first-order valence-corrected chi connectivity index (χ1v) is 32.4. The zero-order valence-corrected chi connectivity index (χ0v) is 50.1. The maximum Gasteiger partial charge on any atom is 0.159 e. The molecule has 2 aliphatic carbocycles. The van der Waals surface area contributed by atoms with Gasteiger partial charge in [0.2, 0.25) is 0 Å². The molecule has 430 valence electrons. The Morgan fingerprint density at radius 3 is 0.989 bits per heavy atom. The molecular weight excluding hydrogens is 1090 g/mol. The Labute approximate surface area is 523 Å². The van der Waals surface area contributed by atoms with Crippen LogP contribution in [0, 0.1) is 0 Å². The summed E-state index contributed by atoms with van der Waals surface area (Å²) in [6, 6.07) is 103. The Hall–Kier alpha value is -10.7. The number of benzene rings is 14. The Balaban J connectivity index is 0.909. The second-order valence-electron chi connectivity index (χ2n) is 25.1. The van der Waals surface area contributed by atoms with E-state index in [0.717, 1.165) is 111 Å². The van der Waals surface area contributed by atoms with E-state index in [0.29, 0.717) is 11.8 Å². The summed E-state index contributed by atoms with van der Waals surface area (Å²) in [7, 11) is 0. The minimum absolute atomic E-state index is 0.488. The fourth-order valence-corrected chi connectivity index (χ4v) is 15.8. The summed E-state index contributed by atoms with van der Waals surface area (Å²) in [4.78, 5) is 5.03. The van der Waals surface area contributed by atoms with Crippen LogP contribution in [0.2, 0.25) is 0 Å². The van der Waals surface area contributed by atoms with Crippen LogP contribution in [0.5, 0.6) is 0 Å². The van der Waals surface area contributed by atoms with Crippen molar-refractivity contribution >= 4 is 110 Å². The Morgan fingerprint density at radius 1 is 0.244 bits per heavy atom. The first-order valence-electron chi connectivity index (χ1n) is 32.4. The van der Waals surface area contributed by atoms with E-state index in [2.05, 4.69) is 289 Å². The van der Waals surface area contributed by atoms with Gasteiger partial charge in [0.1, 0.15) is 11.2 Å². The predicted molar refractivity (Wildman–Crippen MR) is 378 cm³/mol. The first-order chi connectivity index (χ1) is 44.7. The molecule has 0 aliphatic heterocycles. The summed E-state index contributed by atoms with van der Waals surface area (Å²) >= 11 is 0. The van der Waals surface area contributed by atoms with Gasteiger partial charge in [-0.1, -0.05) is 256 Å². The number of hydrogen-bond acceptors (Lipinski definition) is 4. The lowest BCUT2D eigenvalue weighted by atomic mass is 9.90. The van der Waals surface area contributed by atoms with Gasteiger partial charge in [0.25, 0.3) is 0 Å². The first kappa shape index (κ1) is 52.4. The highest BCUT2D eigenvalue weighted by molar-refractivity contribution is 6.29. The van der Waals surface area contributed by atoms with Crippen LogP contribution in [0.25, 0.3) is 121 Å². The van der Waals surface area contributed by atoms with Crippen molar-refractivity contribution in [1.82, 2.24) is 0 Å². The molecule has 0 N–H and O–H groups in total. The van der Waals surface area contributed by atoms with Gasteiger partial charge in [0, 0.05) is 43.4 Å². The molecule has 0 bridgehead atoms. The molecule has 2 aliphatic rings. The third-order valence-electron chi connectivity index (χ3n) is 20.1. The highest BCUT2D eigenvalue weighted by atomic mass is 16.3. The number of furan rings is 2. The largest absolute Gasteiger partial charge is 0.454 e. The molecule has 4 heteroatoms. The Kier molecular flexibility index (Phi) is 12.6. The van der Waals surface area contributed by atoms with E-state index in [1.807, 2.05) is 0 Å². The van der Waals surface area contributed by atoms with Crippen molar-refractivity contribution in [1.29, 1.82) is 0 Å². The molecule has 2 heterocycles. The van der Waals surface area contributed by atoms with E-state index in [1.165, 1.54) is 106 Å². The fraction of sp³-hybridized carbons (Fsp3) is 0.116. The number of anilines is 6. The third kappa shape index (κ3) is 8.56. The number of rotatable bonds is 12. The smallest absolute Gasteiger partial charge is 0.159 e. The molecule has 0 radical (unpaired) electrons. The van der Waals surface area contributed by atoms with Crippen molar-refractivity contribution in [3.8, 4) is 44.5 Å². The second-order valence-corrected chi connectivity index (χ2v) is 25.1. The quantitative estimate of drug-likeness (QED) is 0.114. The minimum atomic E-state index is 0.488. The van der Waals surface area contributed by atoms with Gasteiger partial charge in [-0.3, -0.25) is 0 Å². The van der Waals surface area contributed by atoms with Crippen molar-refractivity contribution in [2.75, 3.05) is 9.80 Å². The van der Waals surface area contributed by atoms with E-state index < -0.39 is 0 Å². The van der Waals surface area contributed by atoms with Crippen LogP contribution in [0.4, 0.5) is 34.1 Å². The third-order valence-corrected chi connectivity index (χ3v) is 20.1. The molecule has 0 spiro atoms. The van der Waals surface area contributed by atoms with E-state index in [-0.39, 0.29) is 0 Å². The van der Waals surface area contributed by atoms with E-state index in [1.54, 1.807) is 0 Å². The monoisotopic (exact) mass is 1160 g/mol. The topological polar surface area (TPSA) is 32.8 Å². The molecule has 2 fully saturated rings. The SMILES string of the molecule is c1ccc(-c2ccc(N(c3ccc4ccc5c(N(c6ccc(-c7ccccc7)cc6-c6ccccc6)c6cccc7c6oc6c(C8CCCC8)cccc67)ccc6ccc3c4c65)c3cccc4c3oc3c(C5CCCC5)cccc34)c(-c3ccccc3)c2)cc1. The highest BCUT2D eigenvalue weighted by Gasteiger charge is 2.31. The fourth-order valence-electron chi connectivity index (χ4n) is 15.8. The van der Waals surface area contributed by atoms with Crippen LogP contribution in [0.3, 0.4) is 0 Å². The van der Waals surface area contributed by atoms with E-state index in [9.17, 15) is 0 Å². The molecule has 2 saturated carbocycles. The summed E-state index contributed by atoms with van der Waals surface area (Å²) < 4.78 is 14.9. The van der Waals surface area contributed by atoms with Gasteiger partial charge in [0.15, 0.2) is 11.2 Å². The Bertz CT molecular complexity index is 5040. The van der Waals surface area contributed by atoms with Crippen LogP contribution >= 0.6 is 0 Å². The number of para-hydroxylation sites is 4.